The molecule has 6 rings (SSSR count). The van der Waals surface area contributed by atoms with Gasteiger partial charge in [0, 0.05) is 34.3 Å². The first-order valence-electron chi connectivity index (χ1n) is 10.8. The number of aryl methyl sites for hydroxylation is 1. The van der Waals surface area contributed by atoms with Crippen molar-refractivity contribution in [2.75, 3.05) is 6.54 Å². The van der Waals surface area contributed by atoms with E-state index in [0.717, 1.165) is 59.1 Å². The zero-order valence-electron chi connectivity index (χ0n) is 17.0. The Balaban J connectivity index is 1.51. The summed E-state index contributed by atoms with van der Waals surface area (Å²) >= 11 is 0. The summed E-state index contributed by atoms with van der Waals surface area (Å²) in [5.74, 6) is -0.222. The normalized spacial score (nSPS) is 18.1. The van der Waals surface area contributed by atoms with Crippen molar-refractivity contribution in [3.05, 3.63) is 88.2 Å². The molecule has 6 heteroatoms. The molecule has 1 aliphatic heterocycles. The highest BCUT2D eigenvalue weighted by molar-refractivity contribution is 5.94. The number of H-pyrrole nitrogens is 1. The van der Waals surface area contributed by atoms with Crippen molar-refractivity contribution in [2.45, 2.75) is 38.1 Å². The number of halogens is 1. The number of hydrogen-bond acceptors (Lipinski definition) is 3. The number of benzene rings is 2. The van der Waals surface area contributed by atoms with Crippen molar-refractivity contribution in [2.24, 2.45) is 0 Å². The van der Waals surface area contributed by atoms with Crippen molar-refractivity contribution in [3.8, 4) is 0 Å². The zero-order valence-corrected chi connectivity index (χ0v) is 17.0. The van der Waals surface area contributed by atoms with E-state index in [4.69, 9.17) is 4.52 Å². The van der Waals surface area contributed by atoms with Crippen LogP contribution in [-0.4, -0.2) is 27.5 Å². The van der Waals surface area contributed by atoms with Gasteiger partial charge in [-0.25, -0.2) is 4.39 Å². The standard InChI is InChI=1S/C25H22FN3O2/c26-19-10-4-1-8-17(19)23-22-16(15-7-2-5-11-20(15)27-22)13-14-29(23)25(30)24-18-9-3-6-12-21(18)28-31-24/h1-2,4-5,7-8,10-11,23,27H,3,6,9,12-14H2. The van der Waals surface area contributed by atoms with Gasteiger partial charge in [-0.3, -0.25) is 4.79 Å². The first-order valence-corrected chi connectivity index (χ1v) is 10.8. The van der Waals surface area contributed by atoms with Gasteiger partial charge in [0.1, 0.15) is 11.9 Å². The van der Waals surface area contributed by atoms with Gasteiger partial charge in [-0.15, -0.1) is 0 Å². The Morgan fingerprint density at radius 3 is 2.74 bits per heavy atom. The molecule has 4 aromatic rings. The SMILES string of the molecule is O=C(c1onc2c1CCCC2)N1CCc2c([nH]c3ccccc23)C1c1ccccc1F. The molecule has 1 N–H and O–H groups in total. The van der Waals surface area contributed by atoms with Gasteiger partial charge in [0.15, 0.2) is 0 Å². The number of carbonyl (C=O) groups excluding carboxylic acids is 1. The molecule has 0 saturated carbocycles. The molecule has 0 saturated heterocycles. The third-order valence-electron chi connectivity index (χ3n) is 6.65. The molecule has 2 aliphatic rings. The van der Waals surface area contributed by atoms with Gasteiger partial charge in [-0.1, -0.05) is 41.6 Å². The number of amides is 1. The minimum atomic E-state index is -0.547. The van der Waals surface area contributed by atoms with Crippen LogP contribution in [0.4, 0.5) is 4.39 Å². The molecule has 0 radical (unpaired) electrons. The predicted octanol–water partition coefficient (Wildman–Crippen LogP) is 4.96. The summed E-state index contributed by atoms with van der Waals surface area (Å²) in [5, 5.41) is 5.29. The highest BCUT2D eigenvalue weighted by atomic mass is 19.1. The molecule has 156 valence electrons. The maximum Gasteiger partial charge on any atom is 0.293 e. The van der Waals surface area contributed by atoms with Gasteiger partial charge in [-0.2, -0.15) is 0 Å². The molecule has 0 fully saturated rings. The van der Waals surface area contributed by atoms with Crippen molar-refractivity contribution in [1.82, 2.24) is 15.0 Å². The number of fused-ring (bicyclic) bond motifs is 4. The Labute approximate surface area is 178 Å². The lowest BCUT2D eigenvalue weighted by Gasteiger charge is -2.36. The molecular formula is C25H22FN3O2. The number of aromatic nitrogens is 2. The van der Waals surface area contributed by atoms with Crippen molar-refractivity contribution in [3.63, 3.8) is 0 Å². The van der Waals surface area contributed by atoms with E-state index in [2.05, 4.69) is 16.2 Å². The summed E-state index contributed by atoms with van der Waals surface area (Å²) in [7, 11) is 0. The molecule has 2 aromatic heterocycles. The van der Waals surface area contributed by atoms with E-state index in [1.807, 2.05) is 24.3 Å². The van der Waals surface area contributed by atoms with Gasteiger partial charge in [0.2, 0.25) is 5.76 Å². The average Bonchev–Trinajstić information content (AvgIpc) is 3.40. The highest BCUT2D eigenvalue weighted by Crippen LogP contribution is 2.40. The third-order valence-corrected chi connectivity index (χ3v) is 6.65. The lowest BCUT2D eigenvalue weighted by molar-refractivity contribution is 0.0645. The molecule has 1 amide bonds. The van der Waals surface area contributed by atoms with Crippen molar-refractivity contribution >= 4 is 16.8 Å². The van der Waals surface area contributed by atoms with Gasteiger partial charge >= 0.3 is 0 Å². The van der Waals surface area contributed by atoms with Crippen LogP contribution in [0.5, 0.6) is 0 Å². The van der Waals surface area contributed by atoms with Crippen LogP contribution < -0.4 is 0 Å². The van der Waals surface area contributed by atoms with Crippen LogP contribution in [0.25, 0.3) is 10.9 Å². The fourth-order valence-corrected chi connectivity index (χ4v) is 5.17. The number of para-hydroxylation sites is 1. The van der Waals surface area contributed by atoms with Crippen LogP contribution in [0, 0.1) is 5.82 Å². The first kappa shape index (κ1) is 18.4. The second-order valence-electron chi connectivity index (χ2n) is 8.38. The van der Waals surface area contributed by atoms with Crippen LogP contribution >= 0.6 is 0 Å². The lowest BCUT2D eigenvalue weighted by atomic mass is 9.91. The number of aromatic amines is 1. The third kappa shape index (κ3) is 2.81. The van der Waals surface area contributed by atoms with Crippen LogP contribution in [0.1, 0.15) is 57.5 Å². The van der Waals surface area contributed by atoms with Crippen LogP contribution in [0.2, 0.25) is 0 Å². The molecule has 31 heavy (non-hydrogen) atoms. The Morgan fingerprint density at radius 1 is 1.03 bits per heavy atom. The Hall–Kier alpha value is -3.41. The van der Waals surface area contributed by atoms with E-state index in [-0.39, 0.29) is 11.7 Å². The van der Waals surface area contributed by atoms with Gasteiger partial charge in [0.05, 0.1) is 5.69 Å². The Kier molecular flexibility index (Phi) is 4.19. The van der Waals surface area contributed by atoms with Crippen LogP contribution in [0.3, 0.4) is 0 Å². The van der Waals surface area contributed by atoms with E-state index < -0.39 is 6.04 Å². The smallest absolute Gasteiger partial charge is 0.293 e. The topological polar surface area (TPSA) is 62.1 Å². The number of carbonyl (C=O) groups is 1. The fraction of sp³-hybridized carbons (Fsp3) is 0.280. The summed E-state index contributed by atoms with van der Waals surface area (Å²) in [6, 6.07) is 14.2. The summed E-state index contributed by atoms with van der Waals surface area (Å²) in [5.41, 5.74) is 5.31. The van der Waals surface area contributed by atoms with Crippen LogP contribution in [0.15, 0.2) is 53.1 Å². The maximum absolute atomic E-state index is 15.0. The van der Waals surface area contributed by atoms with E-state index in [1.165, 1.54) is 6.07 Å². The highest BCUT2D eigenvalue weighted by Gasteiger charge is 2.38. The lowest BCUT2D eigenvalue weighted by Crippen LogP contribution is -2.41. The Bertz CT molecular complexity index is 1310. The maximum atomic E-state index is 15.0. The van der Waals surface area contributed by atoms with E-state index in [0.29, 0.717) is 24.3 Å². The van der Waals surface area contributed by atoms with Crippen molar-refractivity contribution in [1.29, 1.82) is 0 Å². The molecule has 0 bridgehead atoms. The second kappa shape index (κ2) is 7.08. The van der Waals surface area contributed by atoms with Crippen LogP contribution in [-0.2, 0) is 19.3 Å². The molecule has 5 nitrogen and oxygen atoms in total. The summed E-state index contributed by atoms with van der Waals surface area (Å²) in [6.45, 7) is 0.488. The molecular weight excluding hydrogens is 393 g/mol. The minimum absolute atomic E-state index is 0.215. The molecule has 3 heterocycles. The van der Waals surface area contributed by atoms with E-state index in [9.17, 15) is 9.18 Å². The number of hydrogen-bond donors (Lipinski definition) is 1. The quantitative estimate of drug-likeness (QED) is 0.503. The molecule has 0 spiro atoms. The molecule has 1 unspecified atom stereocenters. The minimum Gasteiger partial charge on any atom is -0.356 e. The van der Waals surface area contributed by atoms with Gasteiger partial charge in [-0.05, 0) is 49.8 Å². The monoisotopic (exact) mass is 415 g/mol. The predicted molar refractivity (Wildman–Crippen MR) is 114 cm³/mol. The number of rotatable bonds is 2. The summed E-state index contributed by atoms with van der Waals surface area (Å²) < 4.78 is 20.5. The molecule has 2 aromatic carbocycles. The number of nitrogens with zero attached hydrogens (tertiary/aromatic N) is 2. The van der Waals surface area contributed by atoms with Gasteiger partial charge in [0.25, 0.3) is 5.91 Å². The zero-order chi connectivity index (χ0) is 20.9. The van der Waals surface area contributed by atoms with E-state index in [1.54, 1.807) is 17.0 Å². The fourth-order valence-electron chi connectivity index (χ4n) is 5.17. The summed E-state index contributed by atoms with van der Waals surface area (Å²) in [6.07, 6.45) is 4.43. The average molecular weight is 415 g/mol. The largest absolute Gasteiger partial charge is 0.356 e. The number of nitrogens with one attached hydrogen (secondary N) is 1. The molecule has 1 aliphatic carbocycles. The van der Waals surface area contributed by atoms with Crippen molar-refractivity contribution < 1.29 is 13.7 Å². The first-order chi connectivity index (χ1) is 15.2. The summed E-state index contributed by atoms with van der Waals surface area (Å²) in [4.78, 5) is 18.9. The second-order valence-corrected chi connectivity index (χ2v) is 8.38. The molecule has 1 atom stereocenters. The van der Waals surface area contributed by atoms with E-state index >= 15 is 0 Å². The Morgan fingerprint density at radius 2 is 1.84 bits per heavy atom. The van der Waals surface area contributed by atoms with Gasteiger partial charge < -0.3 is 14.4 Å².